The van der Waals surface area contributed by atoms with Gasteiger partial charge in [0.25, 0.3) is 0 Å². The number of thioether (sulfide) groups is 1. The van der Waals surface area contributed by atoms with E-state index in [2.05, 4.69) is 41.2 Å². The molecule has 0 radical (unpaired) electrons. The van der Waals surface area contributed by atoms with Crippen molar-refractivity contribution in [3.05, 3.63) is 36.4 Å². The zero-order valence-corrected chi connectivity index (χ0v) is 26.8. The SMILES string of the molecule is CCN1CCN(CCN2C(=O)C3C(C(=O)Nc4cccc(SC)c4)C4C=CC3(O4)C2C(=O)NC2CCCC(C)C2C)CC1. The van der Waals surface area contributed by atoms with Crippen LogP contribution in [-0.4, -0.2) is 108 Å². The molecule has 8 atom stereocenters. The van der Waals surface area contributed by atoms with Gasteiger partial charge in [-0.1, -0.05) is 51.8 Å². The second-order valence-corrected chi connectivity index (χ2v) is 14.0. The van der Waals surface area contributed by atoms with Gasteiger partial charge in [0, 0.05) is 55.9 Å². The minimum Gasteiger partial charge on any atom is -0.359 e. The van der Waals surface area contributed by atoms with Gasteiger partial charge in [-0.2, -0.15) is 0 Å². The van der Waals surface area contributed by atoms with Gasteiger partial charge in [-0.3, -0.25) is 19.3 Å². The predicted molar refractivity (Wildman–Crippen MR) is 169 cm³/mol. The summed E-state index contributed by atoms with van der Waals surface area (Å²) in [7, 11) is 0. The molecule has 10 heteroatoms. The van der Waals surface area contributed by atoms with E-state index in [1.165, 1.54) is 6.42 Å². The average molecular weight is 610 g/mol. The van der Waals surface area contributed by atoms with Gasteiger partial charge >= 0.3 is 0 Å². The summed E-state index contributed by atoms with van der Waals surface area (Å²) >= 11 is 1.61. The van der Waals surface area contributed by atoms with Crippen molar-refractivity contribution in [3.63, 3.8) is 0 Å². The second-order valence-electron chi connectivity index (χ2n) is 13.1. The molecule has 1 saturated carbocycles. The van der Waals surface area contributed by atoms with Crippen LogP contribution in [0.15, 0.2) is 41.3 Å². The van der Waals surface area contributed by atoms with Gasteiger partial charge in [0.05, 0.1) is 17.9 Å². The van der Waals surface area contributed by atoms with Crippen LogP contribution in [0.2, 0.25) is 0 Å². The molecule has 2 N–H and O–H groups in total. The Hall–Kier alpha value is -2.40. The van der Waals surface area contributed by atoms with E-state index >= 15 is 0 Å². The summed E-state index contributed by atoms with van der Waals surface area (Å²) in [5.74, 6) is -1.08. The zero-order valence-electron chi connectivity index (χ0n) is 26.0. The summed E-state index contributed by atoms with van der Waals surface area (Å²) in [5, 5.41) is 6.41. The molecular formula is C33H47N5O4S. The van der Waals surface area contributed by atoms with Gasteiger partial charge < -0.3 is 25.2 Å². The molecule has 1 aromatic rings. The minimum atomic E-state index is -1.14. The number of amides is 3. The molecule has 1 aliphatic carbocycles. The Morgan fingerprint density at radius 2 is 1.84 bits per heavy atom. The lowest BCUT2D eigenvalue weighted by Crippen LogP contribution is -2.58. The molecular weight excluding hydrogens is 562 g/mol. The first-order valence-electron chi connectivity index (χ1n) is 16.1. The van der Waals surface area contributed by atoms with E-state index < -0.39 is 29.6 Å². The highest BCUT2D eigenvalue weighted by Gasteiger charge is 2.72. The van der Waals surface area contributed by atoms with Crippen LogP contribution in [0.4, 0.5) is 5.69 Å². The van der Waals surface area contributed by atoms with Gasteiger partial charge in [-0.15, -0.1) is 11.8 Å². The fourth-order valence-corrected chi connectivity index (χ4v) is 8.52. The summed E-state index contributed by atoms with van der Waals surface area (Å²) in [6, 6.07) is 6.97. The van der Waals surface area contributed by atoms with E-state index in [9.17, 15) is 14.4 Å². The average Bonchev–Trinajstić information content (AvgIpc) is 3.66. The number of nitrogens with zero attached hydrogens (tertiary/aromatic N) is 3. The van der Waals surface area contributed by atoms with Crippen LogP contribution >= 0.6 is 11.8 Å². The molecule has 3 saturated heterocycles. The molecule has 2 bridgehead atoms. The van der Waals surface area contributed by atoms with Crippen molar-refractivity contribution in [2.24, 2.45) is 23.7 Å². The molecule has 6 rings (SSSR count). The highest BCUT2D eigenvalue weighted by Crippen LogP contribution is 2.55. The first-order valence-corrected chi connectivity index (χ1v) is 17.4. The van der Waals surface area contributed by atoms with Gasteiger partial charge in [-0.25, -0.2) is 0 Å². The monoisotopic (exact) mass is 609 g/mol. The maximum Gasteiger partial charge on any atom is 0.246 e. The van der Waals surface area contributed by atoms with Crippen molar-refractivity contribution in [2.75, 3.05) is 57.4 Å². The number of nitrogens with one attached hydrogen (secondary N) is 2. The first-order chi connectivity index (χ1) is 20.8. The molecule has 9 nitrogen and oxygen atoms in total. The molecule has 4 fully saturated rings. The number of benzene rings is 1. The maximum absolute atomic E-state index is 14.4. The van der Waals surface area contributed by atoms with Crippen LogP contribution in [0.25, 0.3) is 0 Å². The number of anilines is 1. The number of piperazine rings is 1. The fourth-order valence-electron chi connectivity index (χ4n) is 8.06. The van der Waals surface area contributed by atoms with Gasteiger partial charge in [0.15, 0.2) is 0 Å². The third-order valence-electron chi connectivity index (χ3n) is 10.9. The number of likely N-dealkylation sites (N-methyl/N-ethyl adjacent to an activating group) is 1. The van der Waals surface area contributed by atoms with Crippen LogP contribution in [0, 0.1) is 23.7 Å². The van der Waals surface area contributed by atoms with Crippen molar-refractivity contribution in [1.29, 1.82) is 0 Å². The number of rotatable bonds is 9. The highest BCUT2D eigenvalue weighted by atomic mass is 32.2. The van der Waals surface area contributed by atoms with Crippen molar-refractivity contribution >= 4 is 35.2 Å². The largest absolute Gasteiger partial charge is 0.359 e. The molecule has 1 aromatic carbocycles. The molecule has 4 aliphatic heterocycles. The summed E-state index contributed by atoms with van der Waals surface area (Å²) in [4.78, 5) is 50.0. The molecule has 5 aliphatic rings. The van der Waals surface area contributed by atoms with E-state index in [0.29, 0.717) is 30.6 Å². The first kappa shape index (κ1) is 30.6. The number of ether oxygens (including phenoxy) is 1. The van der Waals surface area contributed by atoms with Crippen molar-refractivity contribution < 1.29 is 19.1 Å². The molecule has 4 heterocycles. The quantitative estimate of drug-likeness (QED) is 0.328. The van der Waals surface area contributed by atoms with Crippen molar-refractivity contribution in [2.45, 2.75) is 68.7 Å². The molecule has 0 aromatic heterocycles. The van der Waals surface area contributed by atoms with E-state index in [-0.39, 0.29) is 23.8 Å². The third kappa shape index (κ3) is 5.64. The van der Waals surface area contributed by atoms with Crippen molar-refractivity contribution in [3.8, 4) is 0 Å². The number of carbonyl (C=O) groups excluding carboxylic acids is 3. The number of likely N-dealkylation sites (tertiary alicyclic amines) is 1. The normalized spacial score (nSPS) is 35.8. The summed E-state index contributed by atoms with van der Waals surface area (Å²) in [6.07, 6.45) is 8.46. The Balaban J connectivity index is 1.25. The standard InChI is InChI=1S/C33H47N5O4S/c1-5-36-14-16-37(17-15-36)18-19-38-29(31(40)35-25-11-6-8-21(2)22(25)3)33-13-12-26(42-33)27(28(33)32(38)41)30(39)34-23-9-7-10-24(20-23)43-4/h7,9-10,12-13,20-22,25-29H,5-6,8,11,14-19H2,1-4H3,(H,34,39)(H,35,40). The molecule has 8 unspecified atom stereocenters. The van der Waals surface area contributed by atoms with Crippen molar-refractivity contribution in [1.82, 2.24) is 20.0 Å². The van der Waals surface area contributed by atoms with Crippen LogP contribution in [0.5, 0.6) is 0 Å². The summed E-state index contributed by atoms with van der Waals surface area (Å²) in [6.45, 7) is 12.7. The number of hydrogen-bond donors (Lipinski definition) is 2. The third-order valence-corrected chi connectivity index (χ3v) is 11.6. The van der Waals surface area contributed by atoms with E-state index in [0.717, 1.165) is 50.5 Å². The minimum absolute atomic E-state index is 0.0659. The lowest BCUT2D eigenvalue weighted by molar-refractivity contribution is -0.142. The Bertz CT molecular complexity index is 1250. The topological polar surface area (TPSA) is 94.2 Å². The Morgan fingerprint density at radius 1 is 1.07 bits per heavy atom. The Labute approximate surface area is 260 Å². The van der Waals surface area contributed by atoms with Gasteiger partial charge in [0.2, 0.25) is 17.7 Å². The predicted octanol–water partition coefficient (Wildman–Crippen LogP) is 3.08. The van der Waals surface area contributed by atoms with Crippen LogP contribution in [-0.2, 0) is 19.1 Å². The summed E-state index contributed by atoms with van der Waals surface area (Å²) < 4.78 is 6.57. The molecule has 1 spiro atoms. The number of fused-ring (bicyclic) bond motifs is 1. The Kier molecular flexibility index (Phi) is 8.93. The lowest BCUT2D eigenvalue weighted by atomic mass is 9.73. The molecule has 43 heavy (non-hydrogen) atoms. The lowest BCUT2D eigenvalue weighted by Gasteiger charge is -2.39. The van der Waals surface area contributed by atoms with Gasteiger partial charge in [-0.05, 0) is 49.3 Å². The number of hydrogen-bond acceptors (Lipinski definition) is 7. The molecule has 3 amide bonds. The van der Waals surface area contributed by atoms with E-state index in [1.54, 1.807) is 16.7 Å². The van der Waals surface area contributed by atoms with Gasteiger partial charge in [0.1, 0.15) is 11.6 Å². The fraction of sp³-hybridized carbons (Fsp3) is 0.667. The van der Waals surface area contributed by atoms with Crippen LogP contribution in [0.3, 0.4) is 0 Å². The smallest absolute Gasteiger partial charge is 0.246 e. The Morgan fingerprint density at radius 3 is 2.58 bits per heavy atom. The number of carbonyl (C=O) groups is 3. The summed E-state index contributed by atoms with van der Waals surface area (Å²) in [5.41, 5.74) is -0.444. The highest BCUT2D eigenvalue weighted by molar-refractivity contribution is 7.98. The maximum atomic E-state index is 14.4. The molecule has 234 valence electrons. The van der Waals surface area contributed by atoms with Crippen LogP contribution < -0.4 is 10.6 Å². The van der Waals surface area contributed by atoms with Crippen LogP contribution in [0.1, 0.15) is 40.0 Å². The second kappa shape index (κ2) is 12.5. The van der Waals surface area contributed by atoms with E-state index in [4.69, 9.17) is 4.74 Å². The zero-order chi connectivity index (χ0) is 30.3. The van der Waals surface area contributed by atoms with E-state index in [1.807, 2.05) is 42.7 Å².